The van der Waals surface area contributed by atoms with Gasteiger partial charge in [0.15, 0.2) is 11.9 Å². The second kappa shape index (κ2) is 5.61. The van der Waals surface area contributed by atoms with Gasteiger partial charge in [-0.05, 0) is 22.0 Å². The summed E-state index contributed by atoms with van der Waals surface area (Å²) in [6.07, 6.45) is 1.31. The van der Waals surface area contributed by atoms with Crippen molar-refractivity contribution in [2.75, 3.05) is 5.32 Å². The van der Waals surface area contributed by atoms with E-state index in [1.165, 1.54) is 36.7 Å². The third kappa shape index (κ3) is 3.38. The molecule has 0 fully saturated rings. The highest BCUT2D eigenvalue weighted by Gasteiger charge is 2.08. The number of aromatic nitrogens is 2. The number of hydrogen-bond acceptors (Lipinski definition) is 6. The molecule has 0 spiro atoms. The Bertz CT molecular complexity index is 644. The van der Waals surface area contributed by atoms with Crippen LogP contribution in [0.15, 0.2) is 36.7 Å². The molecule has 9 heteroatoms. The third-order valence-corrected chi connectivity index (χ3v) is 2.11. The van der Waals surface area contributed by atoms with Gasteiger partial charge in [0.2, 0.25) is 0 Å². The number of hydrogen-bond donors (Lipinski definition) is 2. The number of pyridine rings is 2. The van der Waals surface area contributed by atoms with Gasteiger partial charge in [0.1, 0.15) is 11.6 Å². The molecule has 0 aromatic carbocycles. The monoisotopic (exact) mass is 276 g/mol. The van der Waals surface area contributed by atoms with Crippen LogP contribution in [0.4, 0.5) is 16.4 Å². The van der Waals surface area contributed by atoms with Crippen molar-refractivity contribution in [2.45, 2.75) is 0 Å². The SMILES string of the molecule is O=C(O)Nc1cc(Oc2ccc([N+](=O)[O-])nc2)ccn1. The molecule has 20 heavy (non-hydrogen) atoms. The lowest BCUT2D eigenvalue weighted by atomic mass is 10.4. The molecular weight excluding hydrogens is 268 g/mol. The van der Waals surface area contributed by atoms with Crippen LogP contribution < -0.4 is 10.1 Å². The largest absolute Gasteiger partial charge is 0.465 e. The van der Waals surface area contributed by atoms with Crippen molar-refractivity contribution >= 4 is 17.7 Å². The highest BCUT2D eigenvalue weighted by Crippen LogP contribution is 2.23. The van der Waals surface area contributed by atoms with Crippen LogP contribution in [0.25, 0.3) is 0 Å². The van der Waals surface area contributed by atoms with Crippen molar-refractivity contribution in [1.29, 1.82) is 0 Å². The van der Waals surface area contributed by atoms with Crippen molar-refractivity contribution < 1.29 is 19.6 Å². The Morgan fingerprint density at radius 1 is 1.30 bits per heavy atom. The number of nitrogens with zero attached hydrogens (tertiary/aromatic N) is 3. The minimum absolute atomic E-state index is 0.102. The van der Waals surface area contributed by atoms with Crippen LogP contribution in [0.3, 0.4) is 0 Å². The molecule has 0 radical (unpaired) electrons. The van der Waals surface area contributed by atoms with E-state index < -0.39 is 11.0 Å². The molecule has 2 rings (SSSR count). The highest BCUT2D eigenvalue weighted by atomic mass is 16.6. The molecule has 0 saturated heterocycles. The molecule has 0 bridgehead atoms. The molecule has 2 aromatic heterocycles. The summed E-state index contributed by atoms with van der Waals surface area (Å²) < 4.78 is 5.38. The first kappa shape index (κ1) is 13.2. The maximum Gasteiger partial charge on any atom is 0.410 e. The summed E-state index contributed by atoms with van der Waals surface area (Å²) in [5, 5.41) is 21.1. The van der Waals surface area contributed by atoms with Gasteiger partial charge < -0.3 is 20.0 Å². The van der Waals surface area contributed by atoms with Crippen LogP contribution >= 0.6 is 0 Å². The zero-order chi connectivity index (χ0) is 14.5. The molecule has 9 nitrogen and oxygen atoms in total. The molecule has 0 saturated carbocycles. The molecule has 0 aliphatic carbocycles. The molecule has 0 atom stereocenters. The average molecular weight is 276 g/mol. The number of carbonyl (C=O) groups is 1. The van der Waals surface area contributed by atoms with E-state index in [1.54, 1.807) is 0 Å². The Kier molecular flexibility index (Phi) is 3.70. The Labute approximate surface area is 112 Å². The number of anilines is 1. The summed E-state index contributed by atoms with van der Waals surface area (Å²) in [5.74, 6) is 0.410. The number of nitrogens with one attached hydrogen (secondary N) is 1. The number of amides is 1. The van der Waals surface area contributed by atoms with E-state index in [0.717, 1.165) is 0 Å². The first-order valence-corrected chi connectivity index (χ1v) is 5.29. The lowest BCUT2D eigenvalue weighted by molar-refractivity contribution is -0.389. The maximum atomic E-state index is 10.5. The Balaban J connectivity index is 2.13. The fourth-order valence-corrected chi connectivity index (χ4v) is 1.33. The summed E-state index contributed by atoms with van der Waals surface area (Å²) in [4.78, 5) is 27.7. The Morgan fingerprint density at radius 2 is 2.10 bits per heavy atom. The first-order chi connectivity index (χ1) is 9.54. The summed E-state index contributed by atoms with van der Waals surface area (Å²) in [6, 6.07) is 5.47. The average Bonchev–Trinajstić information content (AvgIpc) is 2.39. The molecule has 2 aromatic rings. The molecular formula is C11H8N4O5. The molecule has 1 amide bonds. The van der Waals surface area contributed by atoms with Crippen molar-refractivity contribution in [1.82, 2.24) is 9.97 Å². The normalized spacial score (nSPS) is 9.80. The smallest absolute Gasteiger partial charge is 0.410 e. The van der Waals surface area contributed by atoms with Crippen LogP contribution in [0.2, 0.25) is 0 Å². The van der Waals surface area contributed by atoms with Crippen LogP contribution in [-0.2, 0) is 0 Å². The van der Waals surface area contributed by atoms with E-state index in [9.17, 15) is 14.9 Å². The fourth-order valence-electron chi connectivity index (χ4n) is 1.33. The third-order valence-electron chi connectivity index (χ3n) is 2.11. The zero-order valence-corrected chi connectivity index (χ0v) is 9.89. The summed E-state index contributed by atoms with van der Waals surface area (Å²) >= 11 is 0. The predicted octanol–water partition coefficient (Wildman–Crippen LogP) is 2.27. The van der Waals surface area contributed by atoms with Crippen LogP contribution in [-0.4, -0.2) is 26.1 Å². The van der Waals surface area contributed by atoms with Crippen molar-refractivity contribution in [3.05, 3.63) is 46.8 Å². The highest BCUT2D eigenvalue weighted by molar-refractivity contribution is 5.81. The minimum Gasteiger partial charge on any atom is -0.465 e. The van der Waals surface area contributed by atoms with E-state index in [0.29, 0.717) is 5.75 Å². The summed E-state index contributed by atoms with van der Waals surface area (Å²) in [7, 11) is 0. The standard InChI is InChI=1S/C11H8N4O5/c16-11(17)14-9-5-7(3-4-12-9)20-8-1-2-10(13-6-8)15(18)19/h1-6H,(H,12,14)(H,16,17). The molecule has 0 unspecified atom stereocenters. The van der Waals surface area contributed by atoms with Gasteiger partial charge in [-0.15, -0.1) is 0 Å². The van der Waals surface area contributed by atoms with Gasteiger partial charge in [0.05, 0.1) is 0 Å². The van der Waals surface area contributed by atoms with E-state index in [2.05, 4.69) is 15.3 Å². The molecule has 102 valence electrons. The molecule has 0 aliphatic heterocycles. The van der Waals surface area contributed by atoms with E-state index in [-0.39, 0.29) is 17.4 Å². The van der Waals surface area contributed by atoms with Crippen molar-refractivity contribution in [3.8, 4) is 11.5 Å². The number of carboxylic acid groups (broad SMARTS) is 1. The number of rotatable bonds is 4. The Hall–Kier alpha value is -3.23. The first-order valence-electron chi connectivity index (χ1n) is 5.29. The zero-order valence-electron chi connectivity index (χ0n) is 9.89. The van der Waals surface area contributed by atoms with Gasteiger partial charge in [-0.2, -0.15) is 0 Å². The number of nitro groups is 1. The van der Waals surface area contributed by atoms with E-state index in [1.807, 2.05) is 0 Å². The second-order valence-electron chi connectivity index (χ2n) is 3.52. The topological polar surface area (TPSA) is 127 Å². The minimum atomic E-state index is -1.24. The van der Waals surface area contributed by atoms with Gasteiger partial charge in [0, 0.05) is 18.3 Å². The van der Waals surface area contributed by atoms with Gasteiger partial charge >= 0.3 is 11.9 Å². The molecule has 0 aliphatic rings. The van der Waals surface area contributed by atoms with Crippen LogP contribution in [0, 0.1) is 10.1 Å². The molecule has 2 N–H and O–H groups in total. The Morgan fingerprint density at radius 3 is 2.70 bits per heavy atom. The lowest BCUT2D eigenvalue weighted by Crippen LogP contribution is -2.08. The number of ether oxygens (including phenoxy) is 1. The van der Waals surface area contributed by atoms with Gasteiger partial charge in [-0.25, -0.2) is 9.78 Å². The van der Waals surface area contributed by atoms with E-state index in [4.69, 9.17) is 9.84 Å². The summed E-state index contributed by atoms with van der Waals surface area (Å²) in [5.41, 5.74) is 0. The second-order valence-corrected chi connectivity index (χ2v) is 3.52. The van der Waals surface area contributed by atoms with Gasteiger partial charge in [-0.3, -0.25) is 5.32 Å². The van der Waals surface area contributed by atoms with E-state index >= 15 is 0 Å². The van der Waals surface area contributed by atoms with Gasteiger partial charge in [-0.1, -0.05) is 0 Å². The van der Waals surface area contributed by atoms with Crippen molar-refractivity contribution in [3.63, 3.8) is 0 Å². The molecule has 2 heterocycles. The summed E-state index contributed by atoms with van der Waals surface area (Å²) in [6.45, 7) is 0. The van der Waals surface area contributed by atoms with Gasteiger partial charge in [0.25, 0.3) is 0 Å². The fraction of sp³-hybridized carbons (Fsp3) is 0. The predicted molar refractivity (Wildman–Crippen MR) is 66.8 cm³/mol. The van der Waals surface area contributed by atoms with Crippen LogP contribution in [0.5, 0.6) is 11.5 Å². The maximum absolute atomic E-state index is 10.5. The lowest BCUT2D eigenvalue weighted by Gasteiger charge is -2.05. The van der Waals surface area contributed by atoms with Crippen LogP contribution in [0.1, 0.15) is 0 Å². The van der Waals surface area contributed by atoms with Crippen molar-refractivity contribution in [2.24, 2.45) is 0 Å². The quantitative estimate of drug-likeness (QED) is 0.647.